The van der Waals surface area contributed by atoms with Crippen molar-refractivity contribution in [3.8, 4) is 0 Å². The van der Waals surface area contributed by atoms with Gasteiger partial charge in [0.1, 0.15) is 11.3 Å². The second-order valence-electron chi connectivity index (χ2n) is 5.20. The molecule has 7 heteroatoms. The van der Waals surface area contributed by atoms with E-state index in [2.05, 4.69) is 10.5 Å². The summed E-state index contributed by atoms with van der Waals surface area (Å²) in [6.07, 6.45) is -0.564. The smallest absolute Gasteiger partial charge is 0.408 e. The second kappa shape index (κ2) is 6.40. The van der Waals surface area contributed by atoms with Crippen molar-refractivity contribution in [2.45, 2.75) is 46.3 Å². The molecule has 1 aromatic rings. The van der Waals surface area contributed by atoms with Crippen LogP contribution in [-0.4, -0.2) is 29.4 Å². The topological polar surface area (TPSA) is 90.7 Å². The average Bonchev–Trinajstić information content (AvgIpc) is 2.75. The number of hydrogen-bond acceptors (Lipinski definition) is 6. The summed E-state index contributed by atoms with van der Waals surface area (Å²) in [5.74, 6) is -0.588. The number of aromatic nitrogens is 1. The molecule has 0 aliphatic carbocycles. The molecule has 0 fully saturated rings. The fourth-order valence-corrected chi connectivity index (χ4v) is 1.35. The highest BCUT2D eigenvalue weighted by Gasteiger charge is 2.21. The van der Waals surface area contributed by atoms with Crippen molar-refractivity contribution in [1.82, 2.24) is 10.5 Å². The van der Waals surface area contributed by atoms with Gasteiger partial charge >= 0.3 is 12.1 Å². The molecule has 1 heterocycles. The first-order valence-corrected chi connectivity index (χ1v) is 6.36. The molecule has 0 saturated carbocycles. The molecule has 0 saturated heterocycles. The first-order valence-electron chi connectivity index (χ1n) is 6.36. The van der Waals surface area contributed by atoms with Crippen molar-refractivity contribution in [2.24, 2.45) is 0 Å². The van der Waals surface area contributed by atoms with E-state index in [0.29, 0.717) is 5.69 Å². The lowest BCUT2D eigenvalue weighted by molar-refractivity contribution is 0.0473. The molecule has 0 spiro atoms. The molecule has 0 unspecified atom stereocenters. The molecule has 0 aromatic carbocycles. The van der Waals surface area contributed by atoms with Gasteiger partial charge in [-0.2, -0.15) is 0 Å². The average molecular weight is 284 g/mol. The molecule has 0 aliphatic heterocycles. The zero-order chi connectivity index (χ0) is 15.3. The molecule has 1 rings (SSSR count). The van der Waals surface area contributed by atoms with Gasteiger partial charge in [0.25, 0.3) is 0 Å². The number of rotatable bonds is 4. The summed E-state index contributed by atoms with van der Waals surface area (Å²) in [5.41, 5.74) is -0.164. The number of hydrogen-bond donors (Lipinski definition) is 1. The zero-order valence-corrected chi connectivity index (χ0v) is 12.4. The van der Waals surface area contributed by atoms with E-state index in [1.54, 1.807) is 34.6 Å². The molecule has 7 nitrogen and oxygen atoms in total. The van der Waals surface area contributed by atoms with Gasteiger partial charge < -0.3 is 19.3 Å². The minimum absolute atomic E-state index is 0.000288. The summed E-state index contributed by atoms with van der Waals surface area (Å²) in [5, 5.41) is 6.32. The third-order valence-electron chi connectivity index (χ3n) is 2.18. The number of ether oxygens (including phenoxy) is 2. The summed E-state index contributed by atoms with van der Waals surface area (Å²) in [6, 6.07) is 0.983. The molecular formula is C13H20N2O5. The Labute approximate surface area is 117 Å². The van der Waals surface area contributed by atoms with Gasteiger partial charge in [-0.15, -0.1) is 0 Å². The number of carbonyl (C=O) groups excluding carboxylic acids is 2. The van der Waals surface area contributed by atoms with Crippen LogP contribution < -0.4 is 5.32 Å². The van der Waals surface area contributed by atoms with Crippen LogP contribution in [0.4, 0.5) is 4.79 Å². The van der Waals surface area contributed by atoms with Gasteiger partial charge in [-0.05, 0) is 34.6 Å². The Morgan fingerprint density at radius 1 is 1.45 bits per heavy atom. The van der Waals surface area contributed by atoms with Crippen LogP contribution in [-0.2, 0) is 9.47 Å². The summed E-state index contributed by atoms with van der Waals surface area (Å²) in [7, 11) is 0. The molecule has 0 aliphatic rings. The Hall–Kier alpha value is -2.05. The maximum absolute atomic E-state index is 11.6. The van der Waals surface area contributed by atoms with Crippen molar-refractivity contribution in [1.29, 1.82) is 0 Å². The lowest BCUT2D eigenvalue weighted by Crippen LogP contribution is -2.34. The molecule has 0 bridgehead atoms. The zero-order valence-electron chi connectivity index (χ0n) is 12.4. The maximum atomic E-state index is 11.6. The molecular weight excluding hydrogens is 264 g/mol. The Kier molecular flexibility index (Phi) is 5.12. The van der Waals surface area contributed by atoms with Gasteiger partial charge in [0.2, 0.25) is 5.76 Å². The first kappa shape index (κ1) is 16.0. The van der Waals surface area contributed by atoms with E-state index in [-0.39, 0.29) is 12.4 Å². The Bertz CT molecular complexity index is 475. The van der Waals surface area contributed by atoms with Crippen LogP contribution in [0.5, 0.6) is 0 Å². The minimum Gasteiger partial charge on any atom is -0.460 e. The summed E-state index contributed by atoms with van der Waals surface area (Å²) < 4.78 is 14.8. The highest BCUT2D eigenvalue weighted by molar-refractivity contribution is 5.86. The highest BCUT2D eigenvalue weighted by atomic mass is 16.6. The molecule has 1 amide bonds. The van der Waals surface area contributed by atoms with Gasteiger partial charge in [0.15, 0.2) is 0 Å². The van der Waals surface area contributed by atoms with Gasteiger partial charge in [-0.1, -0.05) is 5.16 Å². The van der Waals surface area contributed by atoms with Gasteiger partial charge in [-0.3, -0.25) is 0 Å². The molecule has 1 atom stereocenters. The number of amides is 1. The number of nitrogens with zero attached hydrogens (tertiary/aromatic N) is 1. The molecule has 1 N–H and O–H groups in total. The number of nitrogens with one attached hydrogen (secondary N) is 1. The van der Waals surface area contributed by atoms with Crippen LogP contribution in [0.25, 0.3) is 0 Å². The van der Waals surface area contributed by atoms with E-state index in [9.17, 15) is 9.59 Å². The van der Waals surface area contributed by atoms with Crippen LogP contribution in [0.15, 0.2) is 10.6 Å². The Balaban J connectivity index is 2.62. The van der Waals surface area contributed by atoms with E-state index in [4.69, 9.17) is 14.0 Å². The van der Waals surface area contributed by atoms with E-state index < -0.39 is 23.7 Å². The van der Waals surface area contributed by atoms with E-state index in [0.717, 1.165) is 0 Å². The molecule has 0 radical (unpaired) electrons. The molecule has 112 valence electrons. The monoisotopic (exact) mass is 284 g/mol. The largest absolute Gasteiger partial charge is 0.460 e. The van der Waals surface area contributed by atoms with Gasteiger partial charge in [0, 0.05) is 6.07 Å². The summed E-state index contributed by atoms with van der Waals surface area (Å²) in [4.78, 5) is 23.0. The standard InChI is InChI=1S/C13H20N2O5/c1-6-18-11(16)10-7-9(15-20-10)8(2)14-12(17)19-13(3,4)5/h7-8H,6H2,1-5H3,(H,14,17)/t8-/m0/s1. The van der Waals surface area contributed by atoms with Crippen LogP contribution >= 0.6 is 0 Å². The van der Waals surface area contributed by atoms with Crippen molar-refractivity contribution in [2.75, 3.05) is 6.61 Å². The normalized spacial score (nSPS) is 12.7. The predicted molar refractivity (Wildman–Crippen MR) is 70.2 cm³/mol. The third kappa shape index (κ3) is 4.91. The summed E-state index contributed by atoms with van der Waals surface area (Å²) >= 11 is 0. The lowest BCUT2D eigenvalue weighted by Gasteiger charge is -2.21. The van der Waals surface area contributed by atoms with E-state index >= 15 is 0 Å². The van der Waals surface area contributed by atoms with Crippen LogP contribution in [0.3, 0.4) is 0 Å². The SMILES string of the molecule is CCOC(=O)c1cc([C@H](C)NC(=O)OC(C)(C)C)no1. The van der Waals surface area contributed by atoms with Gasteiger partial charge in [0.05, 0.1) is 12.6 Å². The van der Waals surface area contributed by atoms with Crippen molar-refractivity contribution >= 4 is 12.1 Å². The molecule has 20 heavy (non-hydrogen) atoms. The van der Waals surface area contributed by atoms with Crippen LogP contribution in [0, 0.1) is 0 Å². The van der Waals surface area contributed by atoms with Gasteiger partial charge in [-0.25, -0.2) is 9.59 Å². The second-order valence-corrected chi connectivity index (χ2v) is 5.20. The number of carbonyl (C=O) groups is 2. The van der Waals surface area contributed by atoms with Crippen molar-refractivity contribution in [3.05, 3.63) is 17.5 Å². The molecule has 1 aromatic heterocycles. The van der Waals surface area contributed by atoms with Crippen LogP contribution in [0.1, 0.15) is 56.9 Å². The third-order valence-corrected chi connectivity index (χ3v) is 2.18. The highest BCUT2D eigenvalue weighted by Crippen LogP contribution is 2.15. The Morgan fingerprint density at radius 3 is 2.65 bits per heavy atom. The van der Waals surface area contributed by atoms with E-state index in [1.807, 2.05) is 0 Å². The number of alkyl carbamates (subject to hydrolysis) is 1. The van der Waals surface area contributed by atoms with Crippen molar-refractivity contribution < 1.29 is 23.6 Å². The predicted octanol–water partition coefficient (Wildman–Crippen LogP) is 2.44. The first-order chi connectivity index (χ1) is 9.23. The summed E-state index contributed by atoms with van der Waals surface area (Å²) in [6.45, 7) is 8.96. The number of esters is 1. The van der Waals surface area contributed by atoms with Crippen LogP contribution in [0.2, 0.25) is 0 Å². The maximum Gasteiger partial charge on any atom is 0.408 e. The fourth-order valence-electron chi connectivity index (χ4n) is 1.35. The Morgan fingerprint density at radius 2 is 2.10 bits per heavy atom. The minimum atomic E-state index is -0.587. The quantitative estimate of drug-likeness (QED) is 0.854. The van der Waals surface area contributed by atoms with E-state index in [1.165, 1.54) is 6.07 Å². The van der Waals surface area contributed by atoms with Crippen molar-refractivity contribution in [3.63, 3.8) is 0 Å². The lowest BCUT2D eigenvalue weighted by atomic mass is 10.2. The fraction of sp³-hybridized carbons (Fsp3) is 0.615.